The Balaban J connectivity index is 1.69. The first-order valence-electron chi connectivity index (χ1n) is 7.79. The summed E-state index contributed by atoms with van der Waals surface area (Å²) >= 11 is 5.87. The van der Waals surface area contributed by atoms with Gasteiger partial charge in [0.2, 0.25) is 5.91 Å². The topological polar surface area (TPSA) is 38.3 Å². The molecule has 0 spiro atoms. The molecule has 2 rings (SSSR count). The highest BCUT2D eigenvalue weighted by atomic mass is 35.5. The van der Waals surface area contributed by atoms with E-state index in [1.165, 1.54) is 0 Å². The highest BCUT2D eigenvalue weighted by Gasteiger charge is 2.09. The molecular weight excluding hydrogens is 310 g/mol. The Kier molecular flexibility index (Phi) is 6.48. The molecule has 0 saturated heterocycles. The second kappa shape index (κ2) is 8.59. The fourth-order valence-electron chi connectivity index (χ4n) is 2.28. The zero-order valence-electron chi connectivity index (χ0n) is 13.5. The van der Waals surface area contributed by atoms with Crippen molar-refractivity contribution in [3.8, 4) is 5.75 Å². The van der Waals surface area contributed by atoms with Crippen molar-refractivity contribution in [3.05, 3.63) is 64.7 Å². The zero-order valence-corrected chi connectivity index (χ0v) is 14.3. The van der Waals surface area contributed by atoms with E-state index in [2.05, 4.69) is 5.32 Å². The van der Waals surface area contributed by atoms with Crippen LogP contribution in [-0.4, -0.2) is 12.5 Å². The van der Waals surface area contributed by atoms with E-state index in [0.717, 1.165) is 16.9 Å². The van der Waals surface area contributed by atoms with Crippen molar-refractivity contribution in [1.82, 2.24) is 5.32 Å². The standard InChI is InChI=1S/C19H22ClNO2/c1-14-5-3-6-18(13-14)23-12-4-7-19(22)21-15(2)16-8-10-17(20)11-9-16/h3,5-6,8-11,13,15H,4,7,12H2,1-2H3,(H,21,22). The third-order valence-corrected chi connectivity index (χ3v) is 3.81. The third kappa shape index (κ3) is 5.95. The number of amides is 1. The van der Waals surface area contributed by atoms with E-state index >= 15 is 0 Å². The molecule has 1 N–H and O–H groups in total. The van der Waals surface area contributed by atoms with Crippen molar-refractivity contribution in [1.29, 1.82) is 0 Å². The number of nitrogens with one attached hydrogen (secondary N) is 1. The van der Waals surface area contributed by atoms with Crippen LogP contribution in [0.3, 0.4) is 0 Å². The summed E-state index contributed by atoms with van der Waals surface area (Å²) in [5.41, 5.74) is 2.20. The van der Waals surface area contributed by atoms with Gasteiger partial charge in [-0.15, -0.1) is 0 Å². The average molecular weight is 332 g/mol. The van der Waals surface area contributed by atoms with Crippen molar-refractivity contribution in [2.75, 3.05) is 6.61 Å². The van der Waals surface area contributed by atoms with E-state index in [0.29, 0.717) is 24.5 Å². The minimum absolute atomic E-state index is 0.0280. The molecule has 23 heavy (non-hydrogen) atoms. The van der Waals surface area contributed by atoms with Crippen LogP contribution in [0.2, 0.25) is 5.02 Å². The largest absolute Gasteiger partial charge is 0.494 e. The maximum absolute atomic E-state index is 12.0. The van der Waals surface area contributed by atoms with Gasteiger partial charge in [-0.3, -0.25) is 4.79 Å². The summed E-state index contributed by atoms with van der Waals surface area (Å²) < 4.78 is 5.65. The number of hydrogen-bond donors (Lipinski definition) is 1. The van der Waals surface area contributed by atoms with Crippen LogP contribution in [0.4, 0.5) is 0 Å². The fraction of sp³-hybridized carbons (Fsp3) is 0.316. The molecule has 3 nitrogen and oxygen atoms in total. The lowest BCUT2D eigenvalue weighted by Gasteiger charge is -2.14. The molecular formula is C19H22ClNO2. The van der Waals surface area contributed by atoms with Gasteiger partial charge in [0, 0.05) is 11.4 Å². The molecule has 0 saturated carbocycles. The van der Waals surface area contributed by atoms with Gasteiger partial charge in [0.1, 0.15) is 5.75 Å². The number of halogens is 1. The lowest BCUT2D eigenvalue weighted by Crippen LogP contribution is -2.26. The van der Waals surface area contributed by atoms with Gasteiger partial charge in [-0.2, -0.15) is 0 Å². The minimum Gasteiger partial charge on any atom is -0.494 e. The number of carbonyl (C=O) groups excluding carboxylic acids is 1. The molecule has 122 valence electrons. The van der Waals surface area contributed by atoms with E-state index < -0.39 is 0 Å². The molecule has 1 atom stereocenters. The maximum Gasteiger partial charge on any atom is 0.220 e. The Hall–Kier alpha value is -2.00. The molecule has 0 heterocycles. The molecule has 0 bridgehead atoms. The van der Waals surface area contributed by atoms with E-state index in [-0.39, 0.29) is 11.9 Å². The lowest BCUT2D eigenvalue weighted by molar-refractivity contribution is -0.121. The Bertz CT molecular complexity index is 640. The monoisotopic (exact) mass is 331 g/mol. The molecule has 1 unspecified atom stereocenters. The Morgan fingerprint density at radius 3 is 2.65 bits per heavy atom. The van der Waals surface area contributed by atoms with Gasteiger partial charge in [-0.1, -0.05) is 35.9 Å². The number of rotatable bonds is 7. The number of hydrogen-bond acceptors (Lipinski definition) is 2. The first-order valence-corrected chi connectivity index (χ1v) is 8.16. The maximum atomic E-state index is 12.0. The van der Waals surface area contributed by atoms with Crippen LogP contribution >= 0.6 is 11.6 Å². The highest BCUT2D eigenvalue weighted by Crippen LogP contribution is 2.16. The van der Waals surface area contributed by atoms with Crippen LogP contribution in [0, 0.1) is 6.92 Å². The first kappa shape index (κ1) is 17.4. The number of benzene rings is 2. The predicted octanol–water partition coefficient (Wildman–Crippen LogP) is 4.68. The van der Waals surface area contributed by atoms with Crippen molar-refractivity contribution < 1.29 is 9.53 Å². The Morgan fingerprint density at radius 2 is 1.96 bits per heavy atom. The van der Waals surface area contributed by atoms with Crippen LogP contribution in [0.15, 0.2) is 48.5 Å². The Labute approximate surface area is 142 Å². The summed E-state index contributed by atoms with van der Waals surface area (Å²) in [6.45, 7) is 4.52. The molecule has 4 heteroatoms. The van der Waals surface area contributed by atoms with Gasteiger partial charge >= 0.3 is 0 Å². The summed E-state index contributed by atoms with van der Waals surface area (Å²) in [5, 5.41) is 3.68. The van der Waals surface area contributed by atoms with E-state index in [9.17, 15) is 4.79 Å². The van der Waals surface area contributed by atoms with E-state index in [1.54, 1.807) is 0 Å². The van der Waals surface area contributed by atoms with Gasteiger partial charge in [-0.05, 0) is 55.7 Å². The molecule has 1 amide bonds. The number of aryl methyl sites for hydroxylation is 1. The number of ether oxygens (including phenoxy) is 1. The average Bonchev–Trinajstić information content (AvgIpc) is 2.52. The normalized spacial score (nSPS) is 11.8. The molecule has 0 radical (unpaired) electrons. The van der Waals surface area contributed by atoms with Crippen molar-refractivity contribution in [3.63, 3.8) is 0 Å². The predicted molar refractivity (Wildman–Crippen MR) is 93.9 cm³/mol. The molecule has 0 aliphatic heterocycles. The molecule has 0 aromatic heterocycles. The van der Waals surface area contributed by atoms with Gasteiger partial charge < -0.3 is 10.1 Å². The minimum atomic E-state index is -0.0301. The van der Waals surface area contributed by atoms with Crippen LogP contribution in [0.1, 0.15) is 36.9 Å². The molecule has 2 aromatic rings. The summed E-state index contributed by atoms with van der Waals surface area (Å²) in [7, 11) is 0. The molecule has 0 fully saturated rings. The van der Waals surface area contributed by atoms with Crippen LogP contribution < -0.4 is 10.1 Å². The summed E-state index contributed by atoms with van der Waals surface area (Å²) in [4.78, 5) is 12.0. The third-order valence-electron chi connectivity index (χ3n) is 3.55. The van der Waals surface area contributed by atoms with Crippen molar-refractivity contribution in [2.24, 2.45) is 0 Å². The first-order chi connectivity index (χ1) is 11.0. The molecule has 0 aliphatic rings. The lowest BCUT2D eigenvalue weighted by atomic mass is 10.1. The second-order valence-electron chi connectivity index (χ2n) is 5.61. The summed E-state index contributed by atoms with van der Waals surface area (Å²) in [6.07, 6.45) is 1.14. The van der Waals surface area contributed by atoms with Crippen molar-refractivity contribution >= 4 is 17.5 Å². The van der Waals surface area contributed by atoms with E-state index in [4.69, 9.17) is 16.3 Å². The van der Waals surface area contributed by atoms with E-state index in [1.807, 2.05) is 62.4 Å². The second-order valence-corrected chi connectivity index (χ2v) is 6.05. The summed E-state index contributed by atoms with van der Waals surface area (Å²) in [6, 6.07) is 15.4. The van der Waals surface area contributed by atoms with Crippen LogP contribution in [-0.2, 0) is 4.79 Å². The van der Waals surface area contributed by atoms with Crippen molar-refractivity contribution in [2.45, 2.75) is 32.7 Å². The molecule has 0 aliphatic carbocycles. The Morgan fingerprint density at radius 1 is 1.22 bits per heavy atom. The van der Waals surface area contributed by atoms with Gasteiger partial charge in [0.25, 0.3) is 0 Å². The van der Waals surface area contributed by atoms with Crippen LogP contribution in [0.5, 0.6) is 5.75 Å². The van der Waals surface area contributed by atoms with Gasteiger partial charge in [0.15, 0.2) is 0 Å². The number of carbonyl (C=O) groups is 1. The summed E-state index contributed by atoms with van der Waals surface area (Å²) in [5.74, 6) is 0.875. The SMILES string of the molecule is Cc1cccc(OCCCC(=O)NC(C)c2ccc(Cl)cc2)c1. The molecule has 2 aromatic carbocycles. The smallest absolute Gasteiger partial charge is 0.220 e. The van der Waals surface area contributed by atoms with Crippen LogP contribution in [0.25, 0.3) is 0 Å². The zero-order chi connectivity index (χ0) is 16.7. The van der Waals surface area contributed by atoms with Gasteiger partial charge in [0.05, 0.1) is 12.6 Å². The quantitative estimate of drug-likeness (QED) is 0.748. The highest BCUT2D eigenvalue weighted by molar-refractivity contribution is 6.30. The van der Waals surface area contributed by atoms with Gasteiger partial charge in [-0.25, -0.2) is 0 Å². The fourth-order valence-corrected chi connectivity index (χ4v) is 2.40.